The molecule has 0 spiro atoms. The highest BCUT2D eigenvalue weighted by Gasteiger charge is 2.12. The molecule has 2 nitrogen and oxygen atoms in total. The van der Waals surface area contributed by atoms with Gasteiger partial charge in [0.2, 0.25) is 0 Å². The predicted octanol–water partition coefficient (Wildman–Crippen LogP) is 2.40. The molecule has 0 radical (unpaired) electrons. The zero-order valence-corrected chi connectivity index (χ0v) is 8.49. The standard InChI is InChI=1S/C11H17NO/c1-4-12(3)9(2)10-7-5-6-8-11(10)13/h5-9,13H,4H2,1-3H3. The van der Waals surface area contributed by atoms with E-state index in [4.69, 9.17) is 0 Å². The second kappa shape index (κ2) is 4.28. The predicted molar refractivity (Wildman–Crippen MR) is 54.8 cm³/mol. The molecule has 0 amide bonds. The SMILES string of the molecule is CCN(C)C(C)c1ccccc1O. The van der Waals surface area contributed by atoms with Crippen LogP contribution in [0.25, 0.3) is 0 Å². The fraction of sp³-hybridized carbons (Fsp3) is 0.455. The van der Waals surface area contributed by atoms with Crippen molar-refractivity contribution in [3.05, 3.63) is 29.8 Å². The molecule has 2 heteroatoms. The highest BCUT2D eigenvalue weighted by Crippen LogP contribution is 2.26. The van der Waals surface area contributed by atoms with E-state index in [1.54, 1.807) is 6.07 Å². The zero-order valence-electron chi connectivity index (χ0n) is 8.49. The van der Waals surface area contributed by atoms with Gasteiger partial charge in [-0.25, -0.2) is 0 Å². The lowest BCUT2D eigenvalue weighted by atomic mass is 10.1. The summed E-state index contributed by atoms with van der Waals surface area (Å²) < 4.78 is 0. The molecule has 0 saturated heterocycles. The second-order valence-corrected chi connectivity index (χ2v) is 3.31. The summed E-state index contributed by atoms with van der Waals surface area (Å²) in [6.07, 6.45) is 0. The van der Waals surface area contributed by atoms with Crippen molar-refractivity contribution in [2.45, 2.75) is 19.9 Å². The van der Waals surface area contributed by atoms with Gasteiger partial charge in [-0.1, -0.05) is 25.1 Å². The van der Waals surface area contributed by atoms with Crippen molar-refractivity contribution in [1.82, 2.24) is 4.90 Å². The van der Waals surface area contributed by atoms with Crippen LogP contribution in [-0.2, 0) is 0 Å². The fourth-order valence-corrected chi connectivity index (χ4v) is 1.35. The van der Waals surface area contributed by atoms with E-state index in [9.17, 15) is 5.11 Å². The fourth-order valence-electron chi connectivity index (χ4n) is 1.35. The first-order chi connectivity index (χ1) is 6.16. The van der Waals surface area contributed by atoms with Gasteiger partial charge in [0.25, 0.3) is 0 Å². The van der Waals surface area contributed by atoms with E-state index >= 15 is 0 Å². The Balaban J connectivity index is 2.88. The van der Waals surface area contributed by atoms with E-state index in [2.05, 4.69) is 25.8 Å². The lowest BCUT2D eigenvalue weighted by Gasteiger charge is -2.23. The molecule has 1 N–H and O–H groups in total. The van der Waals surface area contributed by atoms with E-state index in [-0.39, 0.29) is 6.04 Å². The highest BCUT2D eigenvalue weighted by atomic mass is 16.3. The van der Waals surface area contributed by atoms with Gasteiger partial charge >= 0.3 is 0 Å². The van der Waals surface area contributed by atoms with Crippen LogP contribution in [-0.4, -0.2) is 23.6 Å². The van der Waals surface area contributed by atoms with Crippen molar-refractivity contribution in [2.24, 2.45) is 0 Å². The number of phenolic OH excluding ortho intramolecular Hbond substituents is 1. The van der Waals surface area contributed by atoms with Crippen molar-refractivity contribution < 1.29 is 5.11 Å². The monoisotopic (exact) mass is 179 g/mol. The molecule has 1 atom stereocenters. The van der Waals surface area contributed by atoms with Crippen LogP contribution >= 0.6 is 0 Å². The quantitative estimate of drug-likeness (QED) is 0.770. The van der Waals surface area contributed by atoms with Gasteiger partial charge < -0.3 is 5.11 Å². The number of para-hydroxylation sites is 1. The minimum atomic E-state index is 0.270. The van der Waals surface area contributed by atoms with Crippen LogP contribution in [0, 0.1) is 0 Å². The summed E-state index contributed by atoms with van der Waals surface area (Å²) >= 11 is 0. The van der Waals surface area contributed by atoms with Crippen molar-refractivity contribution in [3.8, 4) is 5.75 Å². The second-order valence-electron chi connectivity index (χ2n) is 3.31. The molecule has 0 bridgehead atoms. The van der Waals surface area contributed by atoms with Crippen LogP contribution in [0.3, 0.4) is 0 Å². The maximum absolute atomic E-state index is 9.60. The Morgan fingerprint density at radius 2 is 2.00 bits per heavy atom. The molecular formula is C11H17NO. The minimum absolute atomic E-state index is 0.270. The average Bonchev–Trinajstić information content (AvgIpc) is 2.16. The molecule has 13 heavy (non-hydrogen) atoms. The number of hydrogen-bond donors (Lipinski definition) is 1. The molecule has 0 heterocycles. The van der Waals surface area contributed by atoms with Crippen molar-refractivity contribution >= 4 is 0 Å². The highest BCUT2D eigenvalue weighted by molar-refractivity contribution is 5.34. The number of phenols is 1. The maximum Gasteiger partial charge on any atom is 0.120 e. The van der Waals surface area contributed by atoms with Crippen LogP contribution in [0.1, 0.15) is 25.5 Å². The number of benzene rings is 1. The third kappa shape index (κ3) is 2.22. The third-order valence-corrected chi connectivity index (χ3v) is 2.55. The van der Waals surface area contributed by atoms with Gasteiger partial charge in [0.05, 0.1) is 0 Å². The van der Waals surface area contributed by atoms with Crippen LogP contribution in [0.2, 0.25) is 0 Å². The topological polar surface area (TPSA) is 23.5 Å². The summed E-state index contributed by atoms with van der Waals surface area (Å²) in [5.74, 6) is 0.385. The lowest BCUT2D eigenvalue weighted by molar-refractivity contribution is 0.270. The van der Waals surface area contributed by atoms with Crippen molar-refractivity contribution in [1.29, 1.82) is 0 Å². The summed E-state index contributed by atoms with van der Waals surface area (Å²) in [5.41, 5.74) is 0.992. The van der Waals surface area contributed by atoms with Gasteiger partial charge in [0.15, 0.2) is 0 Å². The summed E-state index contributed by atoms with van der Waals surface area (Å²) in [6, 6.07) is 7.76. The summed E-state index contributed by atoms with van der Waals surface area (Å²) in [4.78, 5) is 2.19. The molecule has 1 aromatic rings. The Kier molecular flexibility index (Phi) is 3.32. The van der Waals surface area contributed by atoms with Crippen molar-refractivity contribution in [3.63, 3.8) is 0 Å². The van der Waals surface area contributed by atoms with Gasteiger partial charge in [-0.3, -0.25) is 4.90 Å². The normalized spacial score (nSPS) is 13.2. The molecule has 1 unspecified atom stereocenters. The van der Waals surface area contributed by atoms with Gasteiger partial charge in [-0.05, 0) is 26.6 Å². The minimum Gasteiger partial charge on any atom is -0.508 e. The zero-order chi connectivity index (χ0) is 9.84. The van der Waals surface area contributed by atoms with Crippen LogP contribution in [0.4, 0.5) is 0 Å². The Hall–Kier alpha value is -1.02. The van der Waals surface area contributed by atoms with Crippen molar-refractivity contribution in [2.75, 3.05) is 13.6 Å². The number of hydrogen-bond acceptors (Lipinski definition) is 2. The van der Waals surface area contributed by atoms with Crippen LogP contribution in [0.5, 0.6) is 5.75 Å². The summed E-state index contributed by atoms with van der Waals surface area (Å²) in [6.45, 7) is 5.19. The molecule has 0 aliphatic rings. The van der Waals surface area contributed by atoms with Gasteiger partial charge in [-0.2, -0.15) is 0 Å². The average molecular weight is 179 g/mol. The molecule has 1 aromatic carbocycles. The molecule has 0 aliphatic heterocycles. The van der Waals surface area contributed by atoms with Crippen LogP contribution < -0.4 is 0 Å². The van der Waals surface area contributed by atoms with Crippen LogP contribution in [0.15, 0.2) is 24.3 Å². The lowest BCUT2D eigenvalue weighted by Crippen LogP contribution is -2.21. The first kappa shape index (κ1) is 10.1. The Morgan fingerprint density at radius 1 is 1.38 bits per heavy atom. The molecule has 0 saturated carbocycles. The van der Waals surface area contributed by atoms with E-state index in [1.165, 1.54) is 0 Å². The number of aromatic hydroxyl groups is 1. The molecule has 0 fully saturated rings. The molecular weight excluding hydrogens is 162 g/mol. The smallest absolute Gasteiger partial charge is 0.120 e. The first-order valence-electron chi connectivity index (χ1n) is 4.65. The summed E-state index contributed by atoms with van der Waals surface area (Å²) in [7, 11) is 2.05. The maximum atomic E-state index is 9.60. The van der Waals surface area contributed by atoms with Gasteiger partial charge in [0.1, 0.15) is 5.75 Å². The molecule has 0 aliphatic carbocycles. The Morgan fingerprint density at radius 3 is 2.54 bits per heavy atom. The van der Waals surface area contributed by atoms with Gasteiger partial charge in [0, 0.05) is 11.6 Å². The molecule has 0 aromatic heterocycles. The molecule has 1 rings (SSSR count). The van der Waals surface area contributed by atoms with E-state index in [0.717, 1.165) is 12.1 Å². The Labute approximate surface area is 79.8 Å². The number of rotatable bonds is 3. The van der Waals surface area contributed by atoms with E-state index in [1.807, 2.05) is 18.2 Å². The largest absolute Gasteiger partial charge is 0.508 e. The summed E-state index contributed by atoms with van der Waals surface area (Å²) in [5, 5.41) is 9.60. The van der Waals surface area contributed by atoms with E-state index < -0.39 is 0 Å². The van der Waals surface area contributed by atoms with Gasteiger partial charge in [-0.15, -0.1) is 0 Å². The first-order valence-corrected chi connectivity index (χ1v) is 4.65. The van der Waals surface area contributed by atoms with E-state index in [0.29, 0.717) is 5.75 Å². The number of nitrogens with zero attached hydrogens (tertiary/aromatic N) is 1. The molecule has 72 valence electrons. The Bertz CT molecular complexity index is 273. The third-order valence-electron chi connectivity index (χ3n) is 2.55.